The number of aromatic nitrogens is 1. The molecule has 1 aliphatic heterocycles. The number of hydroxylamine groups is 2. The summed E-state index contributed by atoms with van der Waals surface area (Å²) in [5.74, 6) is -2.39. The number of carbonyl (C=O) groups excluding carboxylic acids is 2. The number of piperidine rings is 1. The van der Waals surface area contributed by atoms with Crippen LogP contribution in [-0.2, 0) is 24.0 Å². The van der Waals surface area contributed by atoms with E-state index in [0.717, 1.165) is 23.2 Å². The quantitative estimate of drug-likeness (QED) is 0.573. The van der Waals surface area contributed by atoms with Crippen LogP contribution >= 0.6 is 0 Å². The lowest BCUT2D eigenvalue weighted by molar-refractivity contribution is -0.189. The van der Waals surface area contributed by atoms with Crippen molar-refractivity contribution >= 4 is 28.9 Å². The minimum Gasteiger partial charge on any atom is -0.478 e. The first-order valence-electron chi connectivity index (χ1n) is 9.36. The zero-order valence-electron chi connectivity index (χ0n) is 16.7. The molecule has 0 saturated carbocycles. The Balaban J connectivity index is 0.000000469. The molecule has 0 atom stereocenters. The minimum atomic E-state index is -1.21. The molecular weight excluding hydrogens is 399 g/mol. The Morgan fingerprint density at radius 2 is 2.00 bits per heavy atom. The molecule has 0 unspecified atom stereocenters. The van der Waals surface area contributed by atoms with Gasteiger partial charge in [0.15, 0.2) is 5.58 Å². The van der Waals surface area contributed by atoms with Gasteiger partial charge in [0.1, 0.15) is 5.82 Å². The zero-order valence-corrected chi connectivity index (χ0v) is 16.7. The van der Waals surface area contributed by atoms with Crippen LogP contribution in [0.3, 0.4) is 0 Å². The van der Waals surface area contributed by atoms with E-state index in [1.807, 2.05) is 0 Å². The number of fused-ring (bicyclic) bond motifs is 1. The topological polar surface area (TPSA) is 119 Å². The lowest BCUT2D eigenvalue weighted by Gasteiger charge is -2.29. The van der Waals surface area contributed by atoms with Crippen LogP contribution in [0.1, 0.15) is 38.3 Å². The molecule has 1 aromatic heterocycles. The first kappa shape index (κ1) is 23.0. The van der Waals surface area contributed by atoms with Crippen LogP contribution in [0.15, 0.2) is 34.9 Å². The first-order chi connectivity index (χ1) is 14.3. The van der Waals surface area contributed by atoms with E-state index in [9.17, 15) is 18.8 Å². The molecule has 10 heteroatoms. The largest absolute Gasteiger partial charge is 0.478 e. The summed E-state index contributed by atoms with van der Waals surface area (Å²) in [6.45, 7) is 4.64. The predicted molar refractivity (Wildman–Crippen MR) is 103 cm³/mol. The smallest absolute Gasteiger partial charge is 0.349 e. The van der Waals surface area contributed by atoms with E-state index in [1.54, 1.807) is 13.0 Å². The van der Waals surface area contributed by atoms with Gasteiger partial charge in [-0.05, 0) is 31.9 Å². The van der Waals surface area contributed by atoms with Crippen molar-refractivity contribution in [1.82, 2.24) is 10.2 Å². The number of hydrogen-bond donors (Lipinski definition) is 1. The van der Waals surface area contributed by atoms with Gasteiger partial charge in [0.25, 0.3) is 0 Å². The van der Waals surface area contributed by atoms with E-state index in [-0.39, 0.29) is 17.7 Å². The molecule has 2 heterocycles. The number of carbonyl (C=O) groups is 3. The van der Waals surface area contributed by atoms with E-state index in [4.69, 9.17) is 14.5 Å². The van der Waals surface area contributed by atoms with Crippen LogP contribution in [-0.4, -0.2) is 52.9 Å². The van der Waals surface area contributed by atoms with Crippen molar-refractivity contribution in [2.24, 2.45) is 0 Å². The minimum absolute atomic E-state index is 0.126. The number of carboxylic acids is 1. The third kappa shape index (κ3) is 6.96. The van der Waals surface area contributed by atoms with Gasteiger partial charge in [-0.15, -0.1) is 5.06 Å². The summed E-state index contributed by atoms with van der Waals surface area (Å²) >= 11 is 0. The fourth-order valence-electron chi connectivity index (χ4n) is 2.95. The molecule has 1 aliphatic rings. The number of rotatable bonds is 5. The Morgan fingerprint density at radius 3 is 2.57 bits per heavy atom. The molecule has 1 N–H and O–H groups in total. The number of nitrogens with zero attached hydrogens (tertiary/aromatic N) is 2. The van der Waals surface area contributed by atoms with Gasteiger partial charge >= 0.3 is 17.9 Å². The third-order valence-corrected chi connectivity index (χ3v) is 4.23. The van der Waals surface area contributed by atoms with E-state index in [0.29, 0.717) is 38.1 Å². The van der Waals surface area contributed by atoms with Crippen molar-refractivity contribution in [3.8, 4) is 0 Å². The van der Waals surface area contributed by atoms with Crippen molar-refractivity contribution in [2.75, 3.05) is 19.7 Å². The van der Waals surface area contributed by atoms with Crippen molar-refractivity contribution in [2.45, 2.75) is 32.6 Å². The number of esters is 1. The van der Waals surface area contributed by atoms with E-state index < -0.39 is 11.9 Å². The predicted octanol–water partition coefficient (Wildman–Crippen LogP) is 2.81. The lowest BCUT2D eigenvalue weighted by Crippen LogP contribution is -2.34. The number of carboxylic acid groups (broad SMARTS) is 1. The van der Waals surface area contributed by atoms with Gasteiger partial charge < -0.3 is 19.2 Å². The number of ether oxygens (including phenoxy) is 1. The molecule has 0 bridgehead atoms. The maximum absolute atomic E-state index is 13.2. The normalized spacial score (nSPS) is 14.9. The molecular formula is C20H23FN2O7. The average Bonchev–Trinajstić information content (AvgIpc) is 3.10. The molecule has 0 radical (unpaired) electrons. The van der Waals surface area contributed by atoms with Crippen molar-refractivity contribution in [3.05, 3.63) is 41.9 Å². The standard InChI is InChI=1S/C16H15FN2O5.C4H8O2/c17-11-1-2-12-13(9-11)23-18-16(12)10-5-7-19(8-6-10)24-15(22)4-3-14(20)21;1-3-6-4(2)5/h1-4,9-10H,5-8H2,(H,20,21);3H2,1-2H3/b4-3+;. The van der Waals surface area contributed by atoms with Gasteiger partial charge in [-0.2, -0.15) is 0 Å². The maximum Gasteiger partial charge on any atom is 0.349 e. The summed E-state index contributed by atoms with van der Waals surface area (Å²) in [5, 5.41) is 14.8. The third-order valence-electron chi connectivity index (χ3n) is 4.23. The van der Waals surface area contributed by atoms with E-state index >= 15 is 0 Å². The number of aliphatic carboxylic acids is 1. The van der Waals surface area contributed by atoms with Gasteiger partial charge in [-0.25, -0.2) is 14.0 Å². The highest BCUT2D eigenvalue weighted by molar-refractivity contribution is 5.90. The van der Waals surface area contributed by atoms with Crippen molar-refractivity contribution < 1.29 is 38.0 Å². The Hall–Kier alpha value is -3.27. The zero-order chi connectivity index (χ0) is 22.1. The molecule has 0 aliphatic carbocycles. The Kier molecular flexibility index (Phi) is 8.48. The summed E-state index contributed by atoms with van der Waals surface area (Å²) in [6.07, 6.45) is 2.98. The van der Waals surface area contributed by atoms with Crippen LogP contribution in [0.5, 0.6) is 0 Å². The van der Waals surface area contributed by atoms with Crippen LogP contribution in [0.2, 0.25) is 0 Å². The SMILES string of the molecule is CCOC(C)=O.O=C(O)/C=C/C(=O)ON1CCC(c2noc3cc(F)ccc23)CC1. The summed E-state index contributed by atoms with van der Waals surface area (Å²) < 4.78 is 22.8. The summed E-state index contributed by atoms with van der Waals surface area (Å²) in [5.41, 5.74) is 1.19. The maximum atomic E-state index is 13.2. The van der Waals surface area contributed by atoms with Gasteiger partial charge in [0.05, 0.1) is 12.3 Å². The van der Waals surface area contributed by atoms with Gasteiger partial charge in [-0.1, -0.05) is 5.16 Å². The molecule has 9 nitrogen and oxygen atoms in total. The second-order valence-corrected chi connectivity index (χ2v) is 6.42. The number of hydrogen-bond acceptors (Lipinski definition) is 8. The monoisotopic (exact) mass is 422 g/mol. The lowest BCUT2D eigenvalue weighted by atomic mass is 9.92. The Morgan fingerprint density at radius 1 is 1.30 bits per heavy atom. The molecule has 1 saturated heterocycles. The highest BCUT2D eigenvalue weighted by Gasteiger charge is 2.26. The van der Waals surface area contributed by atoms with Crippen LogP contribution in [0.4, 0.5) is 4.39 Å². The number of benzene rings is 1. The highest BCUT2D eigenvalue weighted by Crippen LogP contribution is 2.32. The molecule has 30 heavy (non-hydrogen) atoms. The second-order valence-electron chi connectivity index (χ2n) is 6.42. The van der Waals surface area contributed by atoms with Crippen molar-refractivity contribution in [1.29, 1.82) is 0 Å². The van der Waals surface area contributed by atoms with Crippen LogP contribution < -0.4 is 0 Å². The van der Waals surface area contributed by atoms with Gasteiger partial charge in [-0.3, -0.25) is 4.79 Å². The van der Waals surface area contributed by atoms with Crippen LogP contribution in [0.25, 0.3) is 11.0 Å². The summed E-state index contributed by atoms with van der Waals surface area (Å²) in [4.78, 5) is 36.7. The Bertz CT molecular complexity index is 917. The first-order valence-corrected chi connectivity index (χ1v) is 9.36. The molecule has 162 valence electrons. The van der Waals surface area contributed by atoms with Crippen LogP contribution in [0, 0.1) is 5.82 Å². The molecule has 1 aromatic carbocycles. The second kappa shape index (κ2) is 11.1. The van der Waals surface area contributed by atoms with Gasteiger partial charge in [0, 0.05) is 49.5 Å². The average molecular weight is 422 g/mol. The van der Waals surface area contributed by atoms with E-state index in [2.05, 4.69) is 9.89 Å². The van der Waals surface area contributed by atoms with E-state index in [1.165, 1.54) is 24.1 Å². The molecule has 1 fully saturated rings. The van der Waals surface area contributed by atoms with Gasteiger partial charge in [0.2, 0.25) is 0 Å². The molecule has 3 rings (SSSR count). The summed E-state index contributed by atoms with van der Waals surface area (Å²) in [6, 6.07) is 4.33. The molecule has 0 amide bonds. The molecule has 2 aromatic rings. The Labute approximate surface area is 172 Å². The fraction of sp³-hybridized carbons (Fsp3) is 0.400. The molecule has 0 spiro atoms. The van der Waals surface area contributed by atoms with Crippen molar-refractivity contribution in [3.63, 3.8) is 0 Å². The number of halogens is 1. The fourth-order valence-corrected chi connectivity index (χ4v) is 2.95. The summed E-state index contributed by atoms with van der Waals surface area (Å²) in [7, 11) is 0. The highest BCUT2D eigenvalue weighted by atomic mass is 19.1.